The molecule has 1 heterocycles. The van der Waals surface area contributed by atoms with E-state index in [2.05, 4.69) is 10.1 Å². The van der Waals surface area contributed by atoms with E-state index in [4.69, 9.17) is 0 Å². The Kier molecular flexibility index (Phi) is 4.23. The van der Waals surface area contributed by atoms with Gasteiger partial charge in [0.05, 0.1) is 11.5 Å². The van der Waals surface area contributed by atoms with Crippen molar-refractivity contribution in [3.8, 4) is 0 Å². The monoisotopic (exact) mass is 275 g/mol. The second kappa shape index (κ2) is 5.11. The number of rotatable bonds is 2. The van der Waals surface area contributed by atoms with Gasteiger partial charge in [0.2, 0.25) is 0 Å². The van der Waals surface area contributed by atoms with E-state index >= 15 is 0 Å². The van der Waals surface area contributed by atoms with Crippen LogP contribution in [0.3, 0.4) is 0 Å². The van der Waals surface area contributed by atoms with Crippen LogP contribution in [0.25, 0.3) is 0 Å². The van der Waals surface area contributed by atoms with Crippen molar-refractivity contribution in [2.45, 2.75) is 25.1 Å². The third-order valence-electron chi connectivity index (χ3n) is 2.24. The van der Waals surface area contributed by atoms with Gasteiger partial charge in [-0.05, 0) is 12.8 Å². The molecule has 1 rings (SSSR count). The molecule has 0 aromatic heterocycles. The molecule has 0 saturated carbocycles. The van der Waals surface area contributed by atoms with Gasteiger partial charge in [-0.1, -0.05) is 0 Å². The molecule has 0 bridgehead atoms. The summed E-state index contributed by atoms with van der Waals surface area (Å²) in [6.45, 7) is -1.65. The lowest BCUT2D eigenvalue weighted by Crippen LogP contribution is -2.41. The van der Waals surface area contributed by atoms with Crippen LogP contribution >= 0.6 is 0 Å². The maximum atomic E-state index is 11.7. The van der Waals surface area contributed by atoms with Gasteiger partial charge in [-0.15, -0.1) is 0 Å². The minimum atomic E-state index is -4.56. The largest absolute Gasteiger partial charge is 0.440 e. The molecule has 1 N–H and O–H groups in total. The maximum absolute atomic E-state index is 11.7. The zero-order valence-corrected chi connectivity index (χ0v) is 9.60. The Labute approximate surface area is 96.2 Å². The van der Waals surface area contributed by atoms with E-state index in [0.29, 0.717) is 0 Å². The van der Waals surface area contributed by atoms with E-state index in [0.717, 1.165) is 0 Å². The number of hydrogen-bond donors (Lipinski definition) is 1. The summed E-state index contributed by atoms with van der Waals surface area (Å²) < 4.78 is 61.2. The van der Waals surface area contributed by atoms with Crippen molar-refractivity contribution in [3.63, 3.8) is 0 Å². The third kappa shape index (κ3) is 5.76. The molecule has 0 radical (unpaired) electrons. The molecule has 0 aromatic carbocycles. The van der Waals surface area contributed by atoms with E-state index in [9.17, 15) is 26.4 Å². The van der Waals surface area contributed by atoms with Crippen LogP contribution < -0.4 is 5.32 Å². The van der Waals surface area contributed by atoms with Gasteiger partial charge in [0, 0.05) is 6.04 Å². The second-order valence-electron chi connectivity index (χ2n) is 3.76. The van der Waals surface area contributed by atoms with Crippen LogP contribution in [0.1, 0.15) is 12.8 Å². The molecule has 1 aliphatic heterocycles. The Hall–Kier alpha value is -0.990. The van der Waals surface area contributed by atoms with Gasteiger partial charge in [0.25, 0.3) is 0 Å². The van der Waals surface area contributed by atoms with E-state index in [1.54, 1.807) is 0 Å². The lowest BCUT2D eigenvalue weighted by Gasteiger charge is -2.22. The van der Waals surface area contributed by atoms with E-state index in [1.807, 2.05) is 0 Å². The number of halogens is 3. The predicted molar refractivity (Wildman–Crippen MR) is 52.2 cm³/mol. The second-order valence-corrected chi connectivity index (χ2v) is 6.07. The molecule has 0 aromatic rings. The highest BCUT2D eigenvalue weighted by Gasteiger charge is 2.30. The number of ether oxygens (including phenoxy) is 1. The number of nitrogens with one attached hydrogen (secondary N) is 1. The van der Waals surface area contributed by atoms with Crippen molar-refractivity contribution in [1.82, 2.24) is 5.32 Å². The van der Waals surface area contributed by atoms with Crippen LogP contribution in [0, 0.1) is 0 Å². The van der Waals surface area contributed by atoms with Crippen LogP contribution in [0.15, 0.2) is 0 Å². The van der Waals surface area contributed by atoms with Crippen LogP contribution in [0.4, 0.5) is 18.0 Å². The Morgan fingerprint density at radius 3 is 2.29 bits per heavy atom. The summed E-state index contributed by atoms with van der Waals surface area (Å²) in [5.41, 5.74) is 0. The maximum Gasteiger partial charge on any atom is 0.422 e. The molecule has 5 nitrogen and oxygen atoms in total. The van der Waals surface area contributed by atoms with Crippen LogP contribution in [-0.4, -0.2) is 44.8 Å². The van der Waals surface area contributed by atoms with Crippen molar-refractivity contribution < 1.29 is 31.1 Å². The Bertz CT molecular complexity index is 365. The van der Waals surface area contributed by atoms with Crippen molar-refractivity contribution in [2.75, 3.05) is 18.1 Å². The number of hydrogen-bond acceptors (Lipinski definition) is 4. The summed E-state index contributed by atoms with van der Waals surface area (Å²) in [4.78, 5) is 10.9. The molecule has 0 aliphatic carbocycles. The van der Waals surface area contributed by atoms with Gasteiger partial charge in [0.1, 0.15) is 9.84 Å². The molecule has 1 saturated heterocycles. The first-order valence-electron chi connectivity index (χ1n) is 4.88. The molecule has 17 heavy (non-hydrogen) atoms. The molecular weight excluding hydrogens is 263 g/mol. The van der Waals surface area contributed by atoms with Crippen molar-refractivity contribution >= 4 is 15.9 Å². The first-order valence-corrected chi connectivity index (χ1v) is 6.70. The zero-order valence-electron chi connectivity index (χ0n) is 8.79. The molecule has 9 heteroatoms. The standard InChI is InChI=1S/C8H12F3NO4S/c9-8(10,11)5-16-7(13)12-6-1-3-17(14,15)4-2-6/h6H,1-5H2,(H,12,13). The summed E-state index contributed by atoms with van der Waals surface area (Å²) in [5.74, 6) is -0.144. The van der Waals surface area contributed by atoms with Crippen LogP contribution in [0.5, 0.6) is 0 Å². The lowest BCUT2D eigenvalue weighted by atomic mass is 10.2. The summed E-state index contributed by atoms with van der Waals surface area (Å²) in [7, 11) is -3.06. The lowest BCUT2D eigenvalue weighted by molar-refractivity contribution is -0.160. The van der Waals surface area contributed by atoms with Gasteiger partial charge in [-0.25, -0.2) is 13.2 Å². The van der Waals surface area contributed by atoms with Gasteiger partial charge >= 0.3 is 12.3 Å². The SMILES string of the molecule is O=C(NC1CCS(=O)(=O)CC1)OCC(F)(F)F. The molecule has 0 unspecified atom stereocenters. The highest BCUT2D eigenvalue weighted by Crippen LogP contribution is 2.15. The van der Waals surface area contributed by atoms with Gasteiger partial charge in [-0.2, -0.15) is 13.2 Å². The highest BCUT2D eigenvalue weighted by molar-refractivity contribution is 7.91. The number of alkyl carbamates (subject to hydrolysis) is 1. The summed E-state index contributed by atoms with van der Waals surface area (Å²) in [6.07, 6.45) is -5.34. The highest BCUT2D eigenvalue weighted by atomic mass is 32.2. The number of sulfone groups is 1. The Morgan fingerprint density at radius 2 is 1.82 bits per heavy atom. The average Bonchev–Trinajstić information content (AvgIpc) is 2.17. The molecule has 1 aliphatic rings. The van der Waals surface area contributed by atoms with Crippen LogP contribution in [-0.2, 0) is 14.6 Å². The van der Waals surface area contributed by atoms with Gasteiger partial charge < -0.3 is 10.1 Å². The first-order chi connectivity index (χ1) is 7.68. The molecule has 100 valence electrons. The van der Waals surface area contributed by atoms with Crippen LogP contribution in [0.2, 0.25) is 0 Å². The summed E-state index contributed by atoms with van der Waals surface area (Å²) >= 11 is 0. The molecule has 1 fully saturated rings. The topological polar surface area (TPSA) is 72.5 Å². The van der Waals surface area contributed by atoms with Crippen molar-refractivity contribution in [1.29, 1.82) is 0 Å². The number of amides is 1. The van der Waals surface area contributed by atoms with E-state index in [1.165, 1.54) is 0 Å². The van der Waals surface area contributed by atoms with E-state index < -0.39 is 34.8 Å². The number of alkyl halides is 3. The van der Waals surface area contributed by atoms with Crippen molar-refractivity contribution in [3.05, 3.63) is 0 Å². The minimum absolute atomic E-state index is 0.0722. The van der Waals surface area contributed by atoms with Gasteiger partial charge in [-0.3, -0.25) is 0 Å². The number of carbonyl (C=O) groups is 1. The third-order valence-corrected chi connectivity index (χ3v) is 3.96. The minimum Gasteiger partial charge on any atom is -0.440 e. The fraction of sp³-hybridized carbons (Fsp3) is 0.875. The van der Waals surface area contributed by atoms with E-state index in [-0.39, 0.29) is 24.3 Å². The molecule has 0 spiro atoms. The summed E-state index contributed by atoms with van der Waals surface area (Å²) in [5, 5.41) is 2.20. The zero-order chi connectivity index (χ0) is 13.1. The smallest absolute Gasteiger partial charge is 0.422 e. The molecular formula is C8H12F3NO4S. The fourth-order valence-electron chi connectivity index (χ4n) is 1.39. The Morgan fingerprint density at radius 1 is 1.29 bits per heavy atom. The fourth-order valence-corrected chi connectivity index (χ4v) is 2.88. The predicted octanol–water partition coefficient (Wildman–Crippen LogP) is 0.852. The first kappa shape index (κ1) is 14.1. The quantitative estimate of drug-likeness (QED) is 0.811. The number of carbonyl (C=O) groups excluding carboxylic acids is 1. The van der Waals surface area contributed by atoms with Gasteiger partial charge in [0.15, 0.2) is 6.61 Å². The average molecular weight is 275 g/mol. The molecule has 1 amide bonds. The molecule has 0 atom stereocenters. The summed E-state index contributed by atoms with van der Waals surface area (Å²) in [6, 6.07) is -0.445. The Balaban J connectivity index is 2.29. The normalized spacial score (nSPS) is 20.9. The van der Waals surface area contributed by atoms with Crippen molar-refractivity contribution in [2.24, 2.45) is 0 Å².